The molecular formula is C13H17ClN2O3. The molecule has 1 aromatic carbocycles. The van der Waals surface area contributed by atoms with Gasteiger partial charge in [0.05, 0.1) is 17.7 Å². The molecule has 1 fully saturated rings. The van der Waals surface area contributed by atoms with Gasteiger partial charge >= 0.3 is 5.97 Å². The molecule has 1 amide bonds. The summed E-state index contributed by atoms with van der Waals surface area (Å²) in [5, 5.41) is 2.71. The number of carbonyl (C=O) groups excluding carboxylic acids is 2. The van der Waals surface area contributed by atoms with Gasteiger partial charge < -0.3 is 15.8 Å². The summed E-state index contributed by atoms with van der Waals surface area (Å²) >= 11 is 0. The van der Waals surface area contributed by atoms with Gasteiger partial charge in [-0.1, -0.05) is 6.07 Å². The third kappa shape index (κ3) is 3.68. The van der Waals surface area contributed by atoms with Gasteiger partial charge in [0.2, 0.25) is 5.91 Å². The second-order valence-corrected chi connectivity index (χ2v) is 4.41. The van der Waals surface area contributed by atoms with Crippen molar-refractivity contribution in [3.05, 3.63) is 29.8 Å². The average molecular weight is 285 g/mol. The van der Waals surface area contributed by atoms with E-state index in [0.29, 0.717) is 30.7 Å². The monoisotopic (exact) mass is 284 g/mol. The first-order chi connectivity index (χ1) is 8.55. The second kappa shape index (κ2) is 6.04. The average Bonchev–Trinajstić information content (AvgIpc) is 3.09. The number of halogens is 1. The van der Waals surface area contributed by atoms with Crippen LogP contribution in [0.3, 0.4) is 0 Å². The lowest BCUT2D eigenvalue weighted by Crippen LogP contribution is -2.37. The van der Waals surface area contributed by atoms with Crippen molar-refractivity contribution in [2.45, 2.75) is 25.3 Å². The highest BCUT2D eigenvalue weighted by molar-refractivity contribution is 6.01. The Balaban J connectivity index is 0.00000180. The molecule has 0 unspecified atom stereocenters. The molecule has 5 nitrogen and oxygen atoms in total. The third-order valence-electron chi connectivity index (χ3n) is 2.87. The number of nitrogens with one attached hydrogen (secondary N) is 1. The number of amides is 1. The third-order valence-corrected chi connectivity index (χ3v) is 2.87. The molecule has 0 aromatic heterocycles. The van der Waals surface area contributed by atoms with Crippen molar-refractivity contribution in [1.82, 2.24) is 0 Å². The van der Waals surface area contributed by atoms with Gasteiger partial charge in [0, 0.05) is 5.69 Å². The van der Waals surface area contributed by atoms with Crippen LogP contribution in [0.15, 0.2) is 24.3 Å². The van der Waals surface area contributed by atoms with Crippen molar-refractivity contribution in [2.24, 2.45) is 5.73 Å². The molecule has 2 rings (SSSR count). The van der Waals surface area contributed by atoms with E-state index >= 15 is 0 Å². The summed E-state index contributed by atoms with van der Waals surface area (Å²) < 4.78 is 4.89. The Hall–Kier alpha value is -1.59. The Morgan fingerprint density at radius 2 is 2.11 bits per heavy atom. The van der Waals surface area contributed by atoms with Crippen molar-refractivity contribution >= 4 is 30.0 Å². The molecule has 104 valence electrons. The lowest BCUT2D eigenvalue weighted by molar-refractivity contribution is -0.118. The Labute approximate surface area is 117 Å². The first-order valence-corrected chi connectivity index (χ1v) is 5.93. The van der Waals surface area contributed by atoms with E-state index in [0.717, 1.165) is 0 Å². The fourth-order valence-electron chi connectivity index (χ4n) is 1.56. The largest absolute Gasteiger partial charge is 0.462 e. The number of nitrogens with two attached hydrogens (primary N) is 1. The summed E-state index contributed by atoms with van der Waals surface area (Å²) in [6.45, 7) is 2.07. The number of rotatable bonds is 4. The van der Waals surface area contributed by atoms with Crippen molar-refractivity contribution in [2.75, 3.05) is 11.9 Å². The van der Waals surface area contributed by atoms with E-state index in [1.165, 1.54) is 0 Å². The number of hydrogen-bond acceptors (Lipinski definition) is 4. The standard InChI is InChI=1S/C13H16N2O3.ClH/c1-2-18-11(16)9-4-3-5-10(8-9)15-12(17)13(14)6-7-13;/h3-5,8H,2,6-7,14H2,1H3,(H,15,17);1H. The van der Waals surface area contributed by atoms with Crippen LogP contribution in [0.1, 0.15) is 30.1 Å². The van der Waals surface area contributed by atoms with Gasteiger partial charge in [-0.2, -0.15) is 0 Å². The van der Waals surface area contributed by atoms with Gasteiger partial charge in [0.15, 0.2) is 0 Å². The van der Waals surface area contributed by atoms with Gasteiger partial charge in [-0.15, -0.1) is 12.4 Å². The summed E-state index contributed by atoms with van der Waals surface area (Å²) in [4.78, 5) is 23.3. The topological polar surface area (TPSA) is 81.4 Å². The zero-order valence-corrected chi connectivity index (χ0v) is 11.5. The number of carbonyl (C=O) groups is 2. The summed E-state index contributed by atoms with van der Waals surface area (Å²) in [5.41, 5.74) is 6.03. The van der Waals surface area contributed by atoms with E-state index in [1.54, 1.807) is 31.2 Å². The van der Waals surface area contributed by atoms with Crippen LogP contribution < -0.4 is 11.1 Å². The van der Waals surface area contributed by atoms with Crippen LogP contribution in [0.25, 0.3) is 0 Å². The first-order valence-electron chi connectivity index (χ1n) is 5.93. The van der Waals surface area contributed by atoms with E-state index in [1.807, 2.05) is 0 Å². The summed E-state index contributed by atoms with van der Waals surface area (Å²) in [5.74, 6) is -0.606. The minimum Gasteiger partial charge on any atom is -0.462 e. The molecule has 1 aromatic rings. The van der Waals surface area contributed by atoms with Gasteiger partial charge in [-0.05, 0) is 38.0 Å². The van der Waals surface area contributed by atoms with Crippen LogP contribution in [0.4, 0.5) is 5.69 Å². The lowest BCUT2D eigenvalue weighted by atomic mass is 10.2. The smallest absolute Gasteiger partial charge is 0.338 e. The quantitative estimate of drug-likeness (QED) is 0.825. The predicted molar refractivity (Wildman–Crippen MR) is 74.4 cm³/mol. The number of esters is 1. The zero-order valence-electron chi connectivity index (χ0n) is 10.6. The van der Waals surface area contributed by atoms with Gasteiger partial charge in [0.25, 0.3) is 0 Å². The molecule has 1 aliphatic carbocycles. The molecule has 6 heteroatoms. The Morgan fingerprint density at radius 3 is 2.68 bits per heavy atom. The molecule has 19 heavy (non-hydrogen) atoms. The highest BCUT2D eigenvalue weighted by Crippen LogP contribution is 2.33. The lowest BCUT2D eigenvalue weighted by Gasteiger charge is -2.10. The van der Waals surface area contributed by atoms with Crippen LogP contribution in [0.2, 0.25) is 0 Å². The van der Waals surface area contributed by atoms with E-state index in [-0.39, 0.29) is 18.3 Å². The van der Waals surface area contributed by atoms with E-state index in [9.17, 15) is 9.59 Å². The molecule has 1 aliphatic rings. The van der Waals surface area contributed by atoms with Gasteiger partial charge in [-0.3, -0.25) is 4.79 Å². The van der Waals surface area contributed by atoms with Crippen molar-refractivity contribution in [3.63, 3.8) is 0 Å². The number of ether oxygens (including phenoxy) is 1. The van der Waals surface area contributed by atoms with Crippen LogP contribution in [0, 0.1) is 0 Å². The number of benzene rings is 1. The maximum atomic E-state index is 11.8. The highest BCUT2D eigenvalue weighted by Gasteiger charge is 2.45. The highest BCUT2D eigenvalue weighted by atomic mass is 35.5. The zero-order chi connectivity index (χ0) is 13.2. The van der Waals surface area contributed by atoms with Gasteiger partial charge in [-0.25, -0.2) is 4.79 Å². The molecule has 1 saturated carbocycles. The molecule has 3 N–H and O–H groups in total. The van der Waals surface area contributed by atoms with Crippen molar-refractivity contribution in [3.8, 4) is 0 Å². The van der Waals surface area contributed by atoms with E-state index in [2.05, 4.69) is 5.32 Å². The summed E-state index contributed by atoms with van der Waals surface area (Å²) in [6.07, 6.45) is 1.41. The maximum absolute atomic E-state index is 11.8. The van der Waals surface area contributed by atoms with Gasteiger partial charge in [0.1, 0.15) is 0 Å². The van der Waals surface area contributed by atoms with Crippen molar-refractivity contribution < 1.29 is 14.3 Å². The molecular weight excluding hydrogens is 268 g/mol. The molecule has 0 saturated heterocycles. The molecule has 0 bridgehead atoms. The molecule has 0 atom stereocenters. The fourth-order valence-corrected chi connectivity index (χ4v) is 1.56. The summed E-state index contributed by atoms with van der Waals surface area (Å²) in [7, 11) is 0. The minimum absolute atomic E-state index is 0. The van der Waals surface area contributed by atoms with E-state index in [4.69, 9.17) is 10.5 Å². The van der Waals surface area contributed by atoms with Crippen molar-refractivity contribution in [1.29, 1.82) is 0 Å². The number of anilines is 1. The Kier molecular flexibility index (Phi) is 4.91. The predicted octanol–water partition coefficient (Wildman–Crippen LogP) is 1.71. The second-order valence-electron chi connectivity index (χ2n) is 4.41. The molecule has 0 aliphatic heterocycles. The van der Waals surface area contributed by atoms with E-state index < -0.39 is 11.5 Å². The normalized spacial score (nSPS) is 15.1. The Morgan fingerprint density at radius 1 is 1.42 bits per heavy atom. The molecule has 0 heterocycles. The van der Waals surface area contributed by atoms with Crippen LogP contribution >= 0.6 is 12.4 Å². The molecule has 0 radical (unpaired) electrons. The Bertz CT molecular complexity index is 487. The minimum atomic E-state index is -0.722. The van der Waals surface area contributed by atoms with Crippen LogP contribution in [-0.2, 0) is 9.53 Å². The fraction of sp³-hybridized carbons (Fsp3) is 0.385. The maximum Gasteiger partial charge on any atom is 0.338 e. The SMILES string of the molecule is CCOC(=O)c1cccc(NC(=O)C2(N)CC2)c1.Cl. The van der Waals surface area contributed by atoms with Crippen LogP contribution in [-0.4, -0.2) is 24.0 Å². The number of hydrogen-bond donors (Lipinski definition) is 2. The first kappa shape index (κ1) is 15.5. The van der Waals surface area contributed by atoms with Crippen LogP contribution in [0.5, 0.6) is 0 Å². The summed E-state index contributed by atoms with van der Waals surface area (Å²) in [6, 6.07) is 6.63. The molecule has 0 spiro atoms.